The number of aromatic nitrogens is 8. The third-order valence-electron chi connectivity index (χ3n) is 21.3. The first kappa shape index (κ1) is 65.1. The predicted molar refractivity (Wildman–Crippen MR) is 457 cm³/mol. The van der Waals surface area contributed by atoms with E-state index in [0.29, 0.717) is 34.9 Å². The van der Waals surface area contributed by atoms with E-state index in [9.17, 15) is 0 Å². The standard InChI is InChI=1S/2C51H32N4O/c1-4-14-33(15-5-1)35-24-26-37(27-25-35)50-52-49(36-18-8-3-9-19-36)53-51(54-50)43-21-10-12-22-44(43)55-45-32-38(34-16-6-2-7-17-34)28-29-39(45)41-30-31-42-40-20-11-13-23-46(40)56-48(42)47(41)55;1-4-14-33(15-5-1)34-26-28-37(29-27-34)50-52-49(36-18-8-3-9-19-36)53-51(54-50)38-20-12-21-39(32-38)55-46-40(35-16-6-2-7-17-35)23-13-24-42(46)43-30-31-44-41-22-10-11-25-45(41)56-48(44)47(43)55/h2*1-32H. The molecular formula is C102H64N8O2. The van der Waals surface area contributed by atoms with Gasteiger partial charge in [0.15, 0.2) is 46.1 Å². The molecule has 112 heavy (non-hydrogen) atoms. The summed E-state index contributed by atoms with van der Waals surface area (Å²) in [6, 6.07) is 135. The van der Waals surface area contributed by atoms with E-state index in [-0.39, 0.29) is 0 Å². The highest BCUT2D eigenvalue weighted by Gasteiger charge is 2.26. The molecule has 0 aliphatic heterocycles. The first-order valence-electron chi connectivity index (χ1n) is 37.6. The van der Waals surface area contributed by atoms with Crippen molar-refractivity contribution < 1.29 is 8.83 Å². The molecule has 524 valence electrons. The van der Waals surface area contributed by atoms with Crippen LogP contribution in [0.25, 0.3) is 212 Å². The van der Waals surface area contributed by atoms with E-state index in [0.717, 1.165) is 177 Å². The van der Waals surface area contributed by atoms with Crippen LogP contribution in [0.3, 0.4) is 0 Å². The number of para-hydroxylation sites is 4. The molecule has 6 heterocycles. The topological polar surface area (TPSA) is 113 Å². The first-order valence-corrected chi connectivity index (χ1v) is 37.6. The summed E-state index contributed by atoms with van der Waals surface area (Å²) in [5.74, 6) is 3.64. The number of rotatable bonds is 12. The van der Waals surface area contributed by atoms with Gasteiger partial charge in [-0.05, 0) is 93.5 Å². The average molecular weight is 1430 g/mol. The highest BCUT2D eigenvalue weighted by atomic mass is 16.3. The number of hydrogen-bond donors (Lipinski definition) is 0. The van der Waals surface area contributed by atoms with Gasteiger partial charge < -0.3 is 18.0 Å². The molecule has 22 rings (SSSR count). The molecular weight excluding hydrogens is 1370 g/mol. The molecule has 0 amide bonds. The quantitative estimate of drug-likeness (QED) is 0.119. The summed E-state index contributed by atoms with van der Waals surface area (Å²) in [6.07, 6.45) is 0. The largest absolute Gasteiger partial charge is 0.454 e. The molecule has 22 aromatic rings. The van der Waals surface area contributed by atoms with Gasteiger partial charge in [0.2, 0.25) is 0 Å². The van der Waals surface area contributed by atoms with Crippen molar-refractivity contribution >= 4 is 87.5 Å². The second-order valence-corrected chi connectivity index (χ2v) is 28.0. The van der Waals surface area contributed by atoms with E-state index in [1.165, 1.54) is 0 Å². The molecule has 0 aliphatic rings. The molecule has 0 radical (unpaired) electrons. The highest BCUT2D eigenvalue weighted by Crippen LogP contribution is 2.46. The zero-order valence-corrected chi connectivity index (χ0v) is 60.3. The van der Waals surface area contributed by atoms with Crippen molar-refractivity contribution in [2.24, 2.45) is 0 Å². The van der Waals surface area contributed by atoms with Crippen molar-refractivity contribution in [3.05, 3.63) is 388 Å². The Morgan fingerprint density at radius 2 is 0.518 bits per heavy atom. The van der Waals surface area contributed by atoms with Crippen LogP contribution >= 0.6 is 0 Å². The predicted octanol–water partition coefficient (Wildman–Crippen LogP) is 26.4. The number of nitrogens with zero attached hydrogens (tertiary/aromatic N) is 8. The second kappa shape index (κ2) is 27.5. The maximum Gasteiger partial charge on any atom is 0.166 e. The molecule has 16 aromatic carbocycles. The summed E-state index contributed by atoms with van der Waals surface area (Å²) >= 11 is 0. The second-order valence-electron chi connectivity index (χ2n) is 28.0. The monoisotopic (exact) mass is 1430 g/mol. The van der Waals surface area contributed by atoms with Gasteiger partial charge in [-0.25, -0.2) is 29.9 Å². The van der Waals surface area contributed by atoms with Gasteiger partial charge in [-0.15, -0.1) is 0 Å². The van der Waals surface area contributed by atoms with Gasteiger partial charge in [0.05, 0.1) is 27.8 Å². The zero-order chi connectivity index (χ0) is 74.0. The minimum atomic E-state index is 0.586. The van der Waals surface area contributed by atoms with Crippen molar-refractivity contribution in [2.45, 2.75) is 0 Å². The summed E-state index contributed by atoms with van der Waals surface area (Å²) in [7, 11) is 0. The zero-order valence-electron chi connectivity index (χ0n) is 60.3. The van der Waals surface area contributed by atoms with Crippen LogP contribution in [0.4, 0.5) is 0 Å². The fourth-order valence-electron chi connectivity index (χ4n) is 16.0. The normalized spacial score (nSPS) is 11.6. The van der Waals surface area contributed by atoms with Crippen LogP contribution in [0.1, 0.15) is 0 Å². The third-order valence-corrected chi connectivity index (χ3v) is 21.3. The van der Waals surface area contributed by atoms with Crippen LogP contribution in [-0.4, -0.2) is 39.0 Å². The summed E-state index contributed by atoms with van der Waals surface area (Å²) in [4.78, 5) is 30.8. The third kappa shape index (κ3) is 11.5. The van der Waals surface area contributed by atoms with Gasteiger partial charge in [0.1, 0.15) is 11.2 Å². The molecule has 0 aliphatic carbocycles. The van der Waals surface area contributed by atoms with E-state index in [1.54, 1.807) is 0 Å². The molecule has 10 heteroatoms. The van der Waals surface area contributed by atoms with E-state index in [1.807, 2.05) is 97.1 Å². The summed E-state index contributed by atoms with van der Waals surface area (Å²) in [6.45, 7) is 0. The molecule has 0 atom stereocenters. The van der Waals surface area contributed by atoms with E-state index >= 15 is 0 Å². The number of fused-ring (bicyclic) bond motifs is 14. The van der Waals surface area contributed by atoms with Crippen LogP contribution in [0, 0.1) is 0 Å². The first-order chi connectivity index (χ1) is 55.5. The fraction of sp³-hybridized carbons (Fsp3) is 0. The summed E-state index contributed by atoms with van der Waals surface area (Å²) < 4.78 is 18.2. The maximum atomic E-state index is 6.75. The van der Waals surface area contributed by atoms with Crippen LogP contribution in [0.2, 0.25) is 0 Å². The Hall–Kier alpha value is -15.3. The van der Waals surface area contributed by atoms with Crippen molar-refractivity contribution in [1.29, 1.82) is 0 Å². The number of benzene rings is 16. The van der Waals surface area contributed by atoms with Crippen LogP contribution in [0.15, 0.2) is 397 Å². The summed E-state index contributed by atoms with van der Waals surface area (Å²) in [5, 5.41) is 8.88. The molecule has 0 N–H and O–H groups in total. The van der Waals surface area contributed by atoms with Gasteiger partial charge >= 0.3 is 0 Å². The molecule has 0 saturated carbocycles. The fourth-order valence-corrected chi connectivity index (χ4v) is 16.0. The lowest BCUT2D eigenvalue weighted by atomic mass is 10.0. The smallest absolute Gasteiger partial charge is 0.166 e. The lowest BCUT2D eigenvalue weighted by molar-refractivity contribution is 0.670. The van der Waals surface area contributed by atoms with E-state index < -0.39 is 0 Å². The van der Waals surface area contributed by atoms with E-state index in [2.05, 4.69) is 300 Å². The van der Waals surface area contributed by atoms with Crippen LogP contribution < -0.4 is 0 Å². The highest BCUT2D eigenvalue weighted by molar-refractivity contribution is 6.24. The number of furan rings is 2. The minimum Gasteiger partial charge on any atom is -0.454 e. The van der Waals surface area contributed by atoms with Crippen LogP contribution in [0.5, 0.6) is 0 Å². The molecule has 0 saturated heterocycles. The van der Waals surface area contributed by atoms with Gasteiger partial charge in [-0.1, -0.05) is 334 Å². The van der Waals surface area contributed by atoms with Gasteiger partial charge in [-0.2, -0.15) is 0 Å². The summed E-state index contributed by atoms with van der Waals surface area (Å²) in [5.41, 5.74) is 24.2. The Labute approximate surface area is 643 Å². The van der Waals surface area contributed by atoms with Gasteiger partial charge in [0.25, 0.3) is 0 Å². The van der Waals surface area contributed by atoms with Crippen molar-refractivity contribution in [3.63, 3.8) is 0 Å². The van der Waals surface area contributed by atoms with Crippen molar-refractivity contribution in [1.82, 2.24) is 39.0 Å². The lowest BCUT2D eigenvalue weighted by Gasteiger charge is -2.15. The molecule has 0 bridgehead atoms. The Morgan fingerprint density at radius 1 is 0.188 bits per heavy atom. The number of hydrogen-bond acceptors (Lipinski definition) is 8. The molecule has 0 unspecified atom stereocenters. The lowest BCUT2D eigenvalue weighted by Crippen LogP contribution is -2.03. The SMILES string of the molecule is c1ccc(-c2ccc(-c3nc(-c4ccccc4)nc(-c4cccc(-n5c6c(-c7ccccc7)cccc6c6ccc7c8ccccc8oc7c65)c4)n3)cc2)cc1.c1ccc(-c2ccc(-c3nc(-c4ccccc4)nc(-c4ccccc4-n4c5cc(-c6ccccc6)ccc5c5ccc6c7ccccc7oc6c54)n3)cc2)cc1. The molecule has 10 nitrogen and oxygen atoms in total. The average Bonchev–Trinajstić information content (AvgIpc) is 1.56. The van der Waals surface area contributed by atoms with Crippen molar-refractivity contribution in [3.8, 4) is 124 Å². The van der Waals surface area contributed by atoms with Gasteiger partial charge in [0, 0.05) is 87.7 Å². The Kier molecular flexibility index (Phi) is 16.0. The van der Waals surface area contributed by atoms with Crippen molar-refractivity contribution in [2.75, 3.05) is 0 Å². The molecule has 0 fully saturated rings. The van der Waals surface area contributed by atoms with E-state index in [4.69, 9.17) is 38.7 Å². The minimum absolute atomic E-state index is 0.586. The Morgan fingerprint density at radius 3 is 1.04 bits per heavy atom. The van der Waals surface area contributed by atoms with Crippen LogP contribution in [-0.2, 0) is 0 Å². The van der Waals surface area contributed by atoms with Gasteiger partial charge in [-0.3, -0.25) is 0 Å². The Bertz CT molecular complexity index is 7330. The molecule has 0 spiro atoms. The molecule has 6 aromatic heterocycles. The Balaban J connectivity index is 0.000000141. The maximum absolute atomic E-state index is 6.75.